The molecule has 1 saturated heterocycles. The molecule has 0 bridgehead atoms. The Morgan fingerprint density at radius 3 is 2.50 bits per heavy atom. The van der Waals surface area contributed by atoms with Crippen LogP contribution in [0.4, 0.5) is 15.8 Å². The molecule has 1 unspecified atom stereocenters. The fourth-order valence-corrected chi connectivity index (χ4v) is 4.69. The summed E-state index contributed by atoms with van der Waals surface area (Å²) < 4.78 is 15.8. The van der Waals surface area contributed by atoms with Crippen LogP contribution in [0.2, 0.25) is 0 Å². The molecule has 1 aliphatic heterocycles. The summed E-state index contributed by atoms with van der Waals surface area (Å²) in [7, 11) is 5.96. The zero-order chi connectivity index (χ0) is 22.0. The van der Waals surface area contributed by atoms with Crippen molar-refractivity contribution in [3.05, 3.63) is 23.5 Å². The van der Waals surface area contributed by atoms with Crippen molar-refractivity contribution in [3.8, 4) is 0 Å². The SMILES string of the molecule is CCc1nn2c(C)cc(N3CCN(C)CC3)cc2c1N(C)/C(=N/C)SC(C)[C@@H](C)F. The van der Waals surface area contributed by atoms with E-state index in [1.807, 2.05) is 18.5 Å². The molecule has 1 aliphatic rings. The summed E-state index contributed by atoms with van der Waals surface area (Å²) in [5.74, 6) is 0. The fourth-order valence-electron chi connectivity index (χ4n) is 3.81. The topological polar surface area (TPSA) is 39.4 Å². The number of amidine groups is 1. The van der Waals surface area contributed by atoms with Crippen molar-refractivity contribution in [3.63, 3.8) is 0 Å². The molecule has 0 radical (unpaired) electrons. The molecule has 1 fully saturated rings. The minimum atomic E-state index is -0.902. The second kappa shape index (κ2) is 9.56. The van der Waals surface area contributed by atoms with E-state index in [1.165, 1.54) is 17.4 Å². The van der Waals surface area contributed by atoms with Gasteiger partial charge in [-0.1, -0.05) is 25.6 Å². The lowest BCUT2D eigenvalue weighted by Crippen LogP contribution is -2.44. The van der Waals surface area contributed by atoms with Gasteiger partial charge in [-0.3, -0.25) is 4.99 Å². The molecular formula is C22H35FN6S. The van der Waals surface area contributed by atoms with Crippen LogP contribution in [0.3, 0.4) is 0 Å². The molecule has 0 amide bonds. The fraction of sp³-hybridized carbons (Fsp3) is 0.636. The largest absolute Gasteiger partial charge is 0.369 e. The van der Waals surface area contributed by atoms with Gasteiger partial charge in [-0.05, 0) is 39.4 Å². The van der Waals surface area contributed by atoms with Gasteiger partial charge in [0, 0.05) is 56.9 Å². The second-order valence-corrected chi connectivity index (χ2v) is 9.50. The number of alkyl halides is 1. The number of nitrogens with zero attached hydrogens (tertiary/aromatic N) is 6. The summed E-state index contributed by atoms with van der Waals surface area (Å²) in [5, 5.41) is 5.53. The molecular weight excluding hydrogens is 399 g/mol. The maximum Gasteiger partial charge on any atom is 0.163 e. The molecule has 0 saturated carbocycles. The van der Waals surface area contributed by atoms with Crippen molar-refractivity contribution in [2.45, 2.75) is 45.5 Å². The van der Waals surface area contributed by atoms with Crippen LogP contribution in [0.25, 0.3) is 5.52 Å². The summed E-state index contributed by atoms with van der Waals surface area (Å²) in [6.45, 7) is 11.9. The first kappa shape index (κ1) is 22.9. The Labute approximate surface area is 184 Å². The van der Waals surface area contributed by atoms with Gasteiger partial charge in [0.25, 0.3) is 0 Å². The number of likely N-dealkylation sites (N-methyl/N-ethyl adjacent to an activating group) is 1. The number of aliphatic imine (C=N–C) groups is 1. The first-order valence-electron chi connectivity index (χ1n) is 10.7. The summed E-state index contributed by atoms with van der Waals surface area (Å²) in [5.41, 5.74) is 5.51. The Morgan fingerprint density at radius 2 is 1.93 bits per heavy atom. The highest BCUT2D eigenvalue weighted by molar-refractivity contribution is 8.14. The molecule has 0 N–H and O–H groups in total. The minimum absolute atomic E-state index is 0.166. The van der Waals surface area contributed by atoms with Crippen LogP contribution in [0.1, 0.15) is 32.2 Å². The van der Waals surface area contributed by atoms with Crippen LogP contribution in [0.15, 0.2) is 17.1 Å². The molecule has 3 rings (SSSR count). The Bertz CT molecular complexity index is 901. The molecule has 0 aliphatic carbocycles. The Hall–Kier alpha value is -1.80. The van der Waals surface area contributed by atoms with E-state index >= 15 is 0 Å². The number of rotatable bonds is 5. The maximum atomic E-state index is 13.8. The van der Waals surface area contributed by atoms with Crippen molar-refractivity contribution >= 4 is 33.8 Å². The van der Waals surface area contributed by atoms with E-state index in [1.54, 1.807) is 14.0 Å². The molecule has 0 spiro atoms. The molecule has 8 heteroatoms. The summed E-state index contributed by atoms with van der Waals surface area (Å²) in [4.78, 5) is 11.4. The average molecular weight is 435 g/mol. The van der Waals surface area contributed by atoms with Gasteiger partial charge in [-0.2, -0.15) is 5.10 Å². The van der Waals surface area contributed by atoms with Gasteiger partial charge in [0.15, 0.2) is 5.17 Å². The highest BCUT2D eigenvalue weighted by Crippen LogP contribution is 2.33. The summed E-state index contributed by atoms with van der Waals surface area (Å²) >= 11 is 1.47. The van der Waals surface area contributed by atoms with Gasteiger partial charge in [-0.15, -0.1) is 0 Å². The van der Waals surface area contributed by atoms with Gasteiger partial charge in [0.2, 0.25) is 0 Å². The molecule has 30 heavy (non-hydrogen) atoms. The molecule has 3 heterocycles. The highest BCUT2D eigenvalue weighted by Gasteiger charge is 2.24. The third-order valence-corrected chi connectivity index (χ3v) is 7.31. The van der Waals surface area contributed by atoms with Gasteiger partial charge in [0.1, 0.15) is 6.17 Å². The third kappa shape index (κ3) is 4.59. The summed E-state index contributed by atoms with van der Waals surface area (Å²) in [6.07, 6.45) is -0.0813. The molecule has 0 aromatic carbocycles. The number of hydrogen-bond donors (Lipinski definition) is 0. The van der Waals surface area contributed by atoms with Crippen molar-refractivity contribution in [2.75, 3.05) is 57.1 Å². The monoisotopic (exact) mass is 434 g/mol. The van der Waals surface area contributed by atoms with Crippen LogP contribution in [0.5, 0.6) is 0 Å². The van der Waals surface area contributed by atoms with E-state index in [9.17, 15) is 4.39 Å². The maximum absolute atomic E-state index is 13.8. The molecule has 2 aromatic rings. The highest BCUT2D eigenvalue weighted by atomic mass is 32.2. The zero-order valence-corrected chi connectivity index (χ0v) is 20.1. The van der Waals surface area contributed by atoms with E-state index in [0.29, 0.717) is 0 Å². The standard InChI is InChI=1S/C22H35FN6S/c1-8-19-21(27(7)22(24-5)30-17(4)16(3)23)20-14-18(13-15(2)29(20)25-19)28-11-9-26(6)10-12-28/h13-14,16-17H,8-12H2,1-7H3/b24-22-/t16-,17?/m1/s1. The average Bonchev–Trinajstić information content (AvgIpc) is 3.10. The number of thioether (sulfide) groups is 1. The molecule has 166 valence electrons. The lowest BCUT2D eigenvalue weighted by Gasteiger charge is -2.34. The van der Waals surface area contributed by atoms with Crippen molar-refractivity contribution in [1.82, 2.24) is 14.5 Å². The number of aromatic nitrogens is 2. The predicted octanol–water partition coefficient (Wildman–Crippen LogP) is 3.86. The smallest absolute Gasteiger partial charge is 0.163 e. The van der Waals surface area contributed by atoms with Gasteiger partial charge < -0.3 is 14.7 Å². The van der Waals surface area contributed by atoms with E-state index in [0.717, 1.165) is 60.4 Å². The van der Waals surface area contributed by atoms with E-state index in [-0.39, 0.29) is 5.25 Å². The lowest BCUT2D eigenvalue weighted by molar-refractivity contribution is 0.313. The first-order valence-corrected chi connectivity index (χ1v) is 11.6. The van der Waals surface area contributed by atoms with Crippen molar-refractivity contribution < 1.29 is 4.39 Å². The van der Waals surface area contributed by atoms with E-state index < -0.39 is 6.17 Å². The zero-order valence-electron chi connectivity index (χ0n) is 19.3. The Kier molecular flexibility index (Phi) is 7.29. The number of anilines is 2. The van der Waals surface area contributed by atoms with Crippen LogP contribution in [-0.4, -0.2) is 78.4 Å². The van der Waals surface area contributed by atoms with Crippen LogP contribution in [-0.2, 0) is 6.42 Å². The number of piperazine rings is 1. The predicted molar refractivity (Wildman–Crippen MR) is 128 cm³/mol. The van der Waals surface area contributed by atoms with Gasteiger partial charge >= 0.3 is 0 Å². The van der Waals surface area contributed by atoms with Crippen LogP contribution < -0.4 is 9.80 Å². The normalized spacial score (nSPS) is 18.1. The lowest BCUT2D eigenvalue weighted by atomic mass is 10.2. The number of pyridine rings is 1. The Morgan fingerprint density at radius 1 is 1.27 bits per heavy atom. The number of aryl methyl sites for hydroxylation is 2. The third-order valence-electron chi connectivity index (χ3n) is 5.90. The van der Waals surface area contributed by atoms with E-state index in [2.05, 4.69) is 52.7 Å². The van der Waals surface area contributed by atoms with E-state index in [4.69, 9.17) is 5.10 Å². The summed E-state index contributed by atoms with van der Waals surface area (Å²) in [6, 6.07) is 4.47. The van der Waals surface area contributed by atoms with Gasteiger partial charge in [-0.25, -0.2) is 8.91 Å². The molecule has 2 aromatic heterocycles. The van der Waals surface area contributed by atoms with Crippen molar-refractivity contribution in [1.29, 1.82) is 0 Å². The number of fused-ring (bicyclic) bond motifs is 1. The molecule has 2 atom stereocenters. The quantitative estimate of drug-likeness (QED) is 0.528. The van der Waals surface area contributed by atoms with Gasteiger partial charge in [0.05, 0.1) is 16.9 Å². The second-order valence-electron chi connectivity index (χ2n) is 8.16. The number of halogens is 1. The van der Waals surface area contributed by atoms with Crippen LogP contribution >= 0.6 is 11.8 Å². The molecule has 6 nitrogen and oxygen atoms in total. The number of hydrogen-bond acceptors (Lipinski definition) is 5. The minimum Gasteiger partial charge on any atom is -0.369 e. The van der Waals surface area contributed by atoms with Crippen molar-refractivity contribution in [2.24, 2.45) is 4.99 Å². The Balaban J connectivity index is 2.04. The first-order chi connectivity index (χ1) is 14.3. The van der Waals surface area contributed by atoms with Crippen LogP contribution in [0, 0.1) is 6.92 Å².